The van der Waals surface area contributed by atoms with Gasteiger partial charge in [0.2, 0.25) is 0 Å². The first-order valence-electron chi connectivity index (χ1n) is 6.71. The van der Waals surface area contributed by atoms with E-state index < -0.39 is 10.2 Å². The Balaban J connectivity index is 0.00000180. The lowest BCUT2D eigenvalue weighted by Crippen LogP contribution is -2.46. The Kier molecular flexibility index (Phi) is 6.76. The Labute approximate surface area is 122 Å². The van der Waals surface area contributed by atoms with Gasteiger partial charge in [-0.3, -0.25) is 0 Å². The summed E-state index contributed by atoms with van der Waals surface area (Å²) in [6.07, 6.45) is 5.10. The van der Waals surface area contributed by atoms with Crippen molar-refractivity contribution in [3.8, 4) is 0 Å². The summed E-state index contributed by atoms with van der Waals surface area (Å²) in [5.41, 5.74) is 1.18. The van der Waals surface area contributed by atoms with Crippen LogP contribution in [0.4, 0.5) is 0 Å². The molecule has 0 aromatic rings. The molecule has 2 aliphatic rings. The highest BCUT2D eigenvalue weighted by molar-refractivity contribution is 7.87. The molecule has 2 N–H and O–H groups in total. The second kappa shape index (κ2) is 7.59. The predicted octanol–water partition coefficient (Wildman–Crippen LogP) is 0.894. The summed E-state index contributed by atoms with van der Waals surface area (Å²) in [6.45, 7) is 5.65. The van der Waals surface area contributed by atoms with Gasteiger partial charge >= 0.3 is 0 Å². The molecule has 1 saturated heterocycles. The predicted molar refractivity (Wildman–Crippen MR) is 79.7 cm³/mol. The average Bonchev–Trinajstić information content (AvgIpc) is 2.38. The molecule has 1 atom stereocenters. The van der Waals surface area contributed by atoms with E-state index in [-0.39, 0.29) is 12.4 Å². The van der Waals surface area contributed by atoms with Gasteiger partial charge in [0.25, 0.3) is 10.2 Å². The van der Waals surface area contributed by atoms with E-state index >= 15 is 0 Å². The van der Waals surface area contributed by atoms with Gasteiger partial charge in [-0.25, -0.2) is 0 Å². The summed E-state index contributed by atoms with van der Waals surface area (Å²) < 4.78 is 28.6. The van der Waals surface area contributed by atoms with E-state index in [0.29, 0.717) is 25.6 Å². The Bertz CT molecular complexity index is 411. The maximum Gasteiger partial charge on any atom is 0.279 e. The van der Waals surface area contributed by atoms with Crippen LogP contribution in [0.2, 0.25) is 0 Å². The number of nitrogens with one attached hydrogen (secondary N) is 2. The van der Waals surface area contributed by atoms with E-state index in [9.17, 15) is 8.42 Å². The molecule has 112 valence electrons. The zero-order valence-electron chi connectivity index (χ0n) is 11.4. The van der Waals surface area contributed by atoms with Gasteiger partial charge in [0.1, 0.15) is 0 Å². The molecule has 19 heavy (non-hydrogen) atoms. The summed E-state index contributed by atoms with van der Waals surface area (Å²) in [4.78, 5) is 0. The molecule has 0 aliphatic carbocycles. The van der Waals surface area contributed by atoms with Gasteiger partial charge in [0, 0.05) is 26.2 Å². The van der Waals surface area contributed by atoms with Crippen LogP contribution in [-0.2, 0) is 10.2 Å². The van der Waals surface area contributed by atoms with Gasteiger partial charge in [-0.1, -0.05) is 18.6 Å². The lowest BCUT2D eigenvalue weighted by molar-refractivity contribution is 0.278. The smallest absolute Gasteiger partial charge is 0.279 e. The van der Waals surface area contributed by atoms with Gasteiger partial charge in [-0.15, -0.1) is 12.4 Å². The minimum absolute atomic E-state index is 0. The highest BCUT2D eigenvalue weighted by Crippen LogP contribution is 2.17. The molecule has 0 radical (unpaired) electrons. The molecule has 0 amide bonds. The van der Waals surface area contributed by atoms with Crippen molar-refractivity contribution in [2.45, 2.75) is 26.2 Å². The number of rotatable bonds is 4. The van der Waals surface area contributed by atoms with E-state index in [1.54, 1.807) is 4.31 Å². The molecule has 2 rings (SSSR count). The molecule has 2 aliphatic heterocycles. The fourth-order valence-electron chi connectivity index (χ4n) is 2.47. The third kappa shape index (κ3) is 5.04. The minimum atomic E-state index is -3.29. The standard InChI is InChI=1S/C12H23N3O2S.ClH/c1-11-3-2-8-15(10-11)18(16,17)14-9-12-4-6-13-7-5-12;/h4,11,13-14H,2-3,5-10H2,1H3;1H. The van der Waals surface area contributed by atoms with Gasteiger partial charge in [-0.2, -0.15) is 17.4 Å². The zero-order chi connectivity index (χ0) is 13.0. The Morgan fingerprint density at radius 3 is 2.95 bits per heavy atom. The van der Waals surface area contributed by atoms with E-state index in [0.717, 1.165) is 32.4 Å². The van der Waals surface area contributed by atoms with Crippen LogP contribution >= 0.6 is 12.4 Å². The van der Waals surface area contributed by atoms with Crippen molar-refractivity contribution in [1.29, 1.82) is 0 Å². The quantitative estimate of drug-likeness (QED) is 0.758. The van der Waals surface area contributed by atoms with Crippen LogP contribution in [0.5, 0.6) is 0 Å². The normalized spacial score (nSPS) is 25.5. The molecule has 0 bridgehead atoms. The summed E-state index contributed by atoms with van der Waals surface area (Å²) in [5.74, 6) is 0.466. The zero-order valence-corrected chi connectivity index (χ0v) is 13.0. The fraction of sp³-hybridized carbons (Fsp3) is 0.833. The van der Waals surface area contributed by atoms with Crippen LogP contribution < -0.4 is 10.0 Å². The van der Waals surface area contributed by atoms with E-state index in [2.05, 4.69) is 23.0 Å². The van der Waals surface area contributed by atoms with Crippen molar-refractivity contribution in [2.24, 2.45) is 5.92 Å². The molecule has 0 saturated carbocycles. The second-order valence-corrected chi connectivity index (χ2v) is 7.00. The van der Waals surface area contributed by atoms with E-state index in [1.807, 2.05) is 0 Å². The molecule has 1 unspecified atom stereocenters. The molecule has 2 heterocycles. The summed E-state index contributed by atoms with van der Waals surface area (Å²) in [5, 5.41) is 3.22. The SMILES string of the molecule is CC1CCCN(S(=O)(=O)NCC2=CCNCC2)C1.Cl. The van der Waals surface area contributed by atoms with Crippen molar-refractivity contribution in [1.82, 2.24) is 14.3 Å². The van der Waals surface area contributed by atoms with E-state index in [4.69, 9.17) is 0 Å². The number of hydrogen-bond acceptors (Lipinski definition) is 3. The molecule has 0 spiro atoms. The van der Waals surface area contributed by atoms with Crippen LogP contribution in [0.25, 0.3) is 0 Å². The van der Waals surface area contributed by atoms with Crippen molar-refractivity contribution in [3.05, 3.63) is 11.6 Å². The van der Waals surface area contributed by atoms with Crippen molar-refractivity contribution in [3.63, 3.8) is 0 Å². The fourth-order valence-corrected chi connectivity index (χ4v) is 3.84. The molecular weight excluding hydrogens is 286 g/mol. The minimum Gasteiger partial charge on any atom is -0.313 e. The highest BCUT2D eigenvalue weighted by Gasteiger charge is 2.26. The highest BCUT2D eigenvalue weighted by atomic mass is 35.5. The molecular formula is C12H24ClN3O2S. The average molecular weight is 310 g/mol. The number of piperidine rings is 1. The first-order chi connectivity index (χ1) is 8.58. The maximum atomic E-state index is 12.1. The Morgan fingerprint density at radius 2 is 2.32 bits per heavy atom. The third-order valence-corrected chi connectivity index (χ3v) is 5.12. The van der Waals surface area contributed by atoms with Crippen LogP contribution in [0.15, 0.2) is 11.6 Å². The van der Waals surface area contributed by atoms with Crippen molar-refractivity contribution in [2.75, 3.05) is 32.7 Å². The molecule has 0 aromatic heterocycles. The first-order valence-corrected chi connectivity index (χ1v) is 8.15. The lowest BCUT2D eigenvalue weighted by Gasteiger charge is -2.30. The van der Waals surface area contributed by atoms with Crippen molar-refractivity contribution >= 4 is 22.6 Å². The Hall–Kier alpha value is -0.140. The van der Waals surface area contributed by atoms with Crippen LogP contribution in [0.3, 0.4) is 0 Å². The maximum absolute atomic E-state index is 12.1. The van der Waals surface area contributed by atoms with Gasteiger partial charge in [0.15, 0.2) is 0 Å². The number of hydrogen-bond donors (Lipinski definition) is 2. The van der Waals surface area contributed by atoms with Crippen LogP contribution in [-0.4, -0.2) is 45.4 Å². The molecule has 7 heteroatoms. The summed E-state index contributed by atoms with van der Waals surface area (Å²) >= 11 is 0. The summed E-state index contributed by atoms with van der Waals surface area (Å²) in [6, 6.07) is 0. The molecule has 1 fully saturated rings. The number of nitrogens with zero attached hydrogens (tertiary/aromatic N) is 1. The topological polar surface area (TPSA) is 61.4 Å². The van der Waals surface area contributed by atoms with Gasteiger partial charge in [0.05, 0.1) is 0 Å². The van der Waals surface area contributed by atoms with Crippen molar-refractivity contribution < 1.29 is 8.42 Å². The van der Waals surface area contributed by atoms with Gasteiger partial charge in [-0.05, 0) is 31.7 Å². The largest absolute Gasteiger partial charge is 0.313 e. The Morgan fingerprint density at radius 1 is 1.53 bits per heavy atom. The second-order valence-electron chi connectivity index (χ2n) is 5.25. The number of halogens is 1. The van der Waals surface area contributed by atoms with Crippen LogP contribution in [0.1, 0.15) is 26.2 Å². The molecule has 5 nitrogen and oxygen atoms in total. The van der Waals surface area contributed by atoms with Crippen LogP contribution in [0, 0.1) is 5.92 Å². The van der Waals surface area contributed by atoms with Gasteiger partial charge < -0.3 is 5.32 Å². The molecule has 0 aromatic carbocycles. The summed E-state index contributed by atoms with van der Waals surface area (Å²) in [7, 11) is -3.29. The van der Waals surface area contributed by atoms with E-state index in [1.165, 1.54) is 5.57 Å². The monoisotopic (exact) mass is 309 g/mol. The third-order valence-electron chi connectivity index (χ3n) is 3.60. The first kappa shape index (κ1) is 16.9. The lowest BCUT2D eigenvalue weighted by atomic mass is 10.0.